The molecule has 0 aromatic rings. The molecule has 0 aliphatic carbocycles. The zero-order valence-electron chi connectivity index (χ0n) is 58.1. The van der Waals surface area contributed by atoms with E-state index in [2.05, 4.69) is 67.8 Å². The van der Waals surface area contributed by atoms with Gasteiger partial charge < -0.3 is 20.3 Å². The number of nitrogens with one attached hydrogen (secondary N) is 1. The van der Waals surface area contributed by atoms with E-state index in [0.29, 0.717) is 25.9 Å². The molecule has 0 heterocycles. The van der Waals surface area contributed by atoms with Gasteiger partial charge in [-0.2, -0.15) is 0 Å². The predicted molar refractivity (Wildman–Crippen MR) is 379 cm³/mol. The van der Waals surface area contributed by atoms with Crippen LogP contribution in [0.4, 0.5) is 0 Å². The lowest BCUT2D eigenvalue weighted by Gasteiger charge is -2.22. The van der Waals surface area contributed by atoms with Gasteiger partial charge in [-0.1, -0.05) is 377 Å². The van der Waals surface area contributed by atoms with Gasteiger partial charge in [-0.25, -0.2) is 0 Å². The average Bonchev–Trinajstić information content (AvgIpc) is 3.59. The molecule has 0 saturated heterocycles. The molecule has 3 N–H and O–H groups in total. The van der Waals surface area contributed by atoms with Gasteiger partial charge in [-0.15, -0.1) is 0 Å². The molecule has 0 aromatic heterocycles. The summed E-state index contributed by atoms with van der Waals surface area (Å²) in [6.07, 6.45) is 99.2. The number of aliphatic hydroxyl groups is 2. The highest BCUT2D eigenvalue weighted by molar-refractivity contribution is 5.76. The Morgan fingerprint density at radius 3 is 0.930 bits per heavy atom. The van der Waals surface area contributed by atoms with Crippen molar-refractivity contribution in [3.05, 3.63) is 48.6 Å². The van der Waals surface area contributed by atoms with Crippen molar-refractivity contribution in [2.24, 2.45) is 0 Å². The van der Waals surface area contributed by atoms with Gasteiger partial charge >= 0.3 is 5.97 Å². The van der Waals surface area contributed by atoms with Crippen molar-refractivity contribution in [3.8, 4) is 0 Å². The number of esters is 1. The summed E-state index contributed by atoms with van der Waals surface area (Å²) in [6, 6.07) is -0.540. The zero-order chi connectivity index (χ0) is 62.0. The molecule has 1 amide bonds. The number of unbranched alkanes of at least 4 members (excludes halogenated alkanes) is 54. The summed E-state index contributed by atoms with van der Waals surface area (Å²) in [4.78, 5) is 24.6. The Morgan fingerprint density at radius 2 is 0.605 bits per heavy atom. The maximum Gasteiger partial charge on any atom is 0.305 e. The van der Waals surface area contributed by atoms with Crippen LogP contribution in [0.2, 0.25) is 0 Å². The van der Waals surface area contributed by atoms with Gasteiger partial charge in [0, 0.05) is 12.8 Å². The second kappa shape index (κ2) is 75.3. The van der Waals surface area contributed by atoms with E-state index in [1.165, 1.54) is 334 Å². The van der Waals surface area contributed by atoms with Crippen LogP contribution in [0.5, 0.6) is 0 Å². The minimum atomic E-state index is -0.663. The van der Waals surface area contributed by atoms with E-state index in [-0.39, 0.29) is 18.5 Å². The van der Waals surface area contributed by atoms with Crippen LogP contribution < -0.4 is 5.32 Å². The lowest BCUT2D eigenvalue weighted by Crippen LogP contribution is -2.45. The van der Waals surface area contributed by atoms with Crippen molar-refractivity contribution >= 4 is 11.9 Å². The number of carbonyl (C=O) groups is 2. The molecule has 2 unspecified atom stereocenters. The summed E-state index contributed by atoms with van der Waals surface area (Å²) in [7, 11) is 0. The lowest BCUT2D eigenvalue weighted by molar-refractivity contribution is -0.143. The van der Waals surface area contributed by atoms with E-state index in [0.717, 1.165) is 57.8 Å². The van der Waals surface area contributed by atoms with Crippen LogP contribution in [0.1, 0.15) is 425 Å². The molecule has 0 saturated carbocycles. The topological polar surface area (TPSA) is 95.9 Å². The van der Waals surface area contributed by atoms with E-state index in [9.17, 15) is 19.8 Å². The first-order chi connectivity index (χ1) is 42.5. The Hall–Kier alpha value is -2.18. The first-order valence-electron chi connectivity index (χ1n) is 38.9. The van der Waals surface area contributed by atoms with Crippen molar-refractivity contribution < 1.29 is 24.5 Å². The summed E-state index contributed by atoms with van der Waals surface area (Å²) in [6.45, 7) is 4.92. The predicted octanol–water partition coefficient (Wildman–Crippen LogP) is 25.6. The van der Waals surface area contributed by atoms with E-state index < -0.39 is 12.1 Å². The third kappa shape index (κ3) is 70.9. The van der Waals surface area contributed by atoms with Gasteiger partial charge in [-0.05, 0) is 83.5 Å². The number of ether oxygens (including phenoxy) is 1. The number of hydrogen-bond acceptors (Lipinski definition) is 5. The number of rotatable bonds is 73. The van der Waals surface area contributed by atoms with Gasteiger partial charge in [0.15, 0.2) is 0 Å². The summed E-state index contributed by atoms with van der Waals surface area (Å²) >= 11 is 0. The van der Waals surface area contributed by atoms with Gasteiger partial charge in [-0.3, -0.25) is 9.59 Å². The fraction of sp³-hybridized carbons (Fsp3) is 0.875. The van der Waals surface area contributed by atoms with Crippen molar-refractivity contribution in [2.45, 2.75) is 437 Å². The Morgan fingerprint density at radius 1 is 0.326 bits per heavy atom. The van der Waals surface area contributed by atoms with E-state index in [4.69, 9.17) is 4.74 Å². The summed E-state index contributed by atoms with van der Waals surface area (Å²) in [5.41, 5.74) is 0. The van der Waals surface area contributed by atoms with Crippen LogP contribution in [0.15, 0.2) is 48.6 Å². The maximum absolute atomic E-state index is 12.5. The van der Waals surface area contributed by atoms with Crippen LogP contribution >= 0.6 is 0 Å². The largest absolute Gasteiger partial charge is 0.466 e. The molecular weight excluding hydrogens is 1050 g/mol. The molecule has 0 rings (SSSR count). The molecule has 0 bridgehead atoms. The summed E-state index contributed by atoms with van der Waals surface area (Å²) in [5, 5.41) is 23.4. The second-order valence-corrected chi connectivity index (χ2v) is 26.7. The van der Waals surface area contributed by atoms with Crippen LogP contribution in [0.25, 0.3) is 0 Å². The Labute approximate surface area is 537 Å². The Kier molecular flexibility index (Phi) is 73.4. The number of carbonyl (C=O) groups excluding carboxylic acids is 2. The van der Waals surface area contributed by atoms with Crippen LogP contribution in [-0.4, -0.2) is 47.4 Å². The molecule has 0 aliphatic heterocycles. The molecule has 0 aromatic carbocycles. The van der Waals surface area contributed by atoms with Crippen LogP contribution in [-0.2, 0) is 14.3 Å². The lowest BCUT2D eigenvalue weighted by atomic mass is 10.0. The number of hydrogen-bond donors (Lipinski definition) is 3. The monoisotopic (exact) mass is 1210 g/mol. The molecule has 0 radical (unpaired) electrons. The van der Waals surface area contributed by atoms with Gasteiger partial charge in [0.25, 0.3) is 0 Å². The molecule has 6 nitrogen and oxygen atoms in total. The minimum Gasteiger partial charge on any atom is -0.466 e. The molecule has 0 spiro atoms. The van der Waals surface area contributed by atoms with Crippen LogP contribution in [0.3, 0.4) is 0 Å². The van der Waals surface area contributed by atoms with Crippen molar-refractivity contribution in [1.29, 1.82) is 0 Å². The molecule has 6 heteroatoms. The quantitative estimate of drug-likeness (QED) is 0.0320. The van der Waals surface area contributed by atoms with E-state index >= 15 is 0 Å². The fourth-order valence-electron chi connectivity index (χ4n) is 12.2. The third-order valence-electron chi connectivity index (χ3n) is 18.1. The third-order valence-corrected chi connectivity index (χ3v) is 18.1. The van der Waals surface area contributed by atoms with Crippen molar-refractivity contribution in [3.63, 3.8) is 0 Å². The molecule has 86 heavy (non-hydrogen) atoms. The molecular formula is C80H151NO5. The maximum atomic E-state index is 12.5. The second-order valence-electron chi connectivity index (χ2n) is 26.7. The minimum absolute atomic E-state index is 0.00509. The number of allylic oxidation sites excluding steroid dienone is 8. The molecule has 2 atom stereocenters. The number of aliphatic hydroxyl groups excluding tert-OH is 2. The normalized spacial score (nSPS) is 12.7. The zero-order valence-corrected chi connectivity index (χ0v) is 58.1. The van der Waals surface area contributed by atoms with E-state index in [1.807, 2.05) is 0 Å². The highest BCUT2D eigenvalue weighted by atomic mass is 16.5. The smallest absolute Gasteiger partial charge is 0.305 e. The SMILES string of the molecule is CCC/C=C\C/C=C\CCCCCCCC(=O)OCCCCCCCCCCCCCCCCC/C=C\C/C=C\CCCCCCCCCCCCCCCCCCCC(=O)NC(CO)C(O)CCCCCCCCCCCCCCCCCCC. The first kappa shape index (κ1) is 83.8. The first-order valence-corrected chi connectivity index (χ1v) is 38.9. The van der Waals surface area contributed by atoms with Crippen molar-refractivity contribution in [1.82, 2.24) is 5.32 Å². The van der Waals surface area contributed by atoms with E-state index in [1.54, 1.807) is 0 Å². The number of amides is 1. The fourth-order valence-corrected chi connectivity index (χ4v) is 12.2. The highest BCUT2D eigenvalue weighted by Crippen LogP contribution is 2.19. The summed E-state index contributed by atoms with van der Waals surface area (Å²) in [5.74, 6) is -0.0232. The molecule has 0 fully saturated rings. The van der Waals surface area contributed by atoms with Crippen molar-refractivity contribution in [2.75, 3.05) is 13.2 Å². The molecule has 506 valence electrons. The summed E-state index contributed by atoms with van der Waals surface area (Å²) < 4.78 is 5.48. The van der Waals surface area contributed by atoms with Crippen LogP contribution in [0, 0.1) is 0 Å². The van der Waals surface area contributed by atoms with Gasteiger partial charge in [0.1, 0.15) is 0 Å². The Balaban J connectivity index is 3.35. The standard InChI is InChI=1S/C80H151NO5/c1-3-5-7-9-11-13-15-17-18-42-45-49-52-56-60-64-68-72-78(83)77(76-82)81-79(84)73-69-65-61-57-53-50-46-43-40-38-36-34-32-30-28-26-24-22-20-19-21-23-25-27-29-31-33-35-37-39-41-44-47-51-55-59-63-67-71-75-86-80(85)74-70-66-62-58-54-48-16-14-12-10-8-6-4-2/h8,10,14,16,19-20,23,25,77-78,82-83H,3-7,9,11-13,15,17-18,21-22,24,26-76H2,1-2H3,(H,81,84)/b10-8-,16-14-,20-19-,25-23-. The Bertz CT molecular complexity index is 1440. The van der Waals surface area contributed by atoms with Gasteiger partial charge in [0.2, 0.25) is 5.91 Å². The average molecular weight is 1210 g/mol. The van der Waals surface area contributed by atoms with Gasteiger partial charge in [0.05, 0.1) is 25.4 Å². The highest BCUT2D eigenvalue weighted by Gasteiger charge is 2.20. The molecule has 0 aliphatic rings.